The predicted octanol–water partition coefficient (Wildman–Crippen LogP) is 2.01. The molecule has 0 spiro atoms. The zero-order valence-corrected chi connectivity index (χ0v) is 25.9. The summed E-state index contributed by atoms with van der Waals surface area (Å²) in [4.78, 5) is 18.8. The number of carbonyl (C=O) groups excluding carboxylic acids is 1. The Balaban J connectivity index is 0.00000320. The number of carboxylic acid groups (broad SMARTS) is 1. The zero-order chi connectivity index (χ0) is 25.3. The molecule has 1 aliphatic heterocycles. The third-order valence-corrected chi connectivity index (χ3v) is 8.08. The first-order valence-corrected chi connectivity index (χ1v) is 13.2. The molecule has 2 aliphatic rings. The Bertz CT molecular complexity index is 1310. The number of aryl methyl sites for hydroxylation is 2. The van der Waals surface area contributed by atoms with Gasteiger partial charge >= 0.3 is 51.4 Å². The monoisotopic (exact) mass is 538 g/mol. The molecule has 1 fully saturated rings. The van der Waals surface area contributed by atoms with Crippen LogP contribution >= 0.6 is 11.6 Å². The van der Waals surface area contributed by atoms with Crippen LogP contribution in [-0.2, 0) is 29.5 Å². The maximum Gasteiger partial charge on any atom is 1.00 e. The van der Waals surface area contributed by atoms with E-state index in [1.54, 1.807) is 13.8 Å². The number of pyridine rings is 1. The number of likely N-dealkylation sites (tertiary alicyclic amines) is 1. The van der Waals surface area contributed by atoms with Gasteiger partial charge in [0.2, 0.25) is 0 Å². The van der Waals surface area contributed by atoms with Gasteiger partial charge in [-0.3, -0.25) is 4.98 Å². The van der Waals surface area contributed by atoms with Crippen molar-refractivity contribution >= 4 is 23.1 Å². The number of hydrogen-bond acceptors (Lipinski definition) is 4. The molecule has 1 saturated heterocycles. The third kappa shape index (κ3) is 6.30. The van der Waals surface area contributed by atoms with Gasteiger partial charge in [-0.15, -0.1) is 0 Å². The first kappa shape index (κ1) is 28.7. The summed E-state index contributed by atoms with van der Waals surface area (Å²) in [5.41, 5.74) is 8.90. The average Bonchev–Trinajstić information content (AvgIpc) is 3.04. The van der Waals surface area contributed by atoms with E-state index in [0.29, 0.717) is 0 Å². The molecule has 0 bridgehead atoms. The van der Waals surface area contributed by atoms with Crippen molar-refractivity contribution in [2.75, 3.05) is 19.6 Å². The second kappa shape index (κ2) is 12.2. The number of piperidine rings is 1. The number of carboxylic acids is 1. The van der Waals surface area contributed by atoms with E-state index in [0.717, 1.165) is 68.0 Å². The topological polar surface area (TPSA) is 56.3 Å². The molecule has 0 unspecified atom stereocenters. The van der Waals surface area contributed by atoms with Gasteiger partial charge in [-0.1, -0.05) is 67.4 Å². The second-order valence-electron chi connectivity index (χ2n) is 10.5. The van der Waals surface area contributed by atoms with Gasteiger partial charge in [0.05, 0.1) is 11.7 Å². The van der Waals surface area contributed by atoms with Gasteiger partial charge in [-0.05, 0) is 78.1 Å². The molecular weight excluding hydrogens is 507 g/mol. The summed E-state index contributed by atoms with van der Waals surface area (Å²) in [7, 11) is 0. The van der Waals surface area contributed by atoms with Gasteiger partial charge in [0.1, 0.15) is 0 Å². The van der Waals surface area contributed by atoms with E-state index in [-0.39, 0.29) is 51.4 Å². The van der Waals surface area contributed by atoms with Crippen LogP contribution in [0.2, 0.25) is 5.02 Å². The molecule has 4 nitrogen and oxygen atoms in total. The fraction of sp³-hybridized carbons (Fsp3) is 0.355. The van der Waals surface area contributed by atoms with E-state index in [4.69, 9.17) is 16.6 Å². The number of hydrogen-bond donors (Lipinski definition) is 0. The molecule has 0 N–H and O–H groups in total. The minimum Gasteiger partial charge on any atom is -0.549 e. The van der Waals surface area contributed by atoms with Gasteiger partial charge in [0.15, 0.2) is 0 Å². The maximum absolute atomic E-state index is 11.4. The number of aromatic nitrogens is 1. The van der Waals surface area contributed by atoms with Crippen molar-refractivity contribution in [3.63, 3.8) is 0 Å². The third-order valence-electron chi connectivity index (χ3n) is 7.84. The van der Waals surface area contributed by atoms with E-state index in [1.807, 2.05) is 42.6 Å². The number of halogens is 1. The summed E-state index contributed by atoms with van der Waals surface area (Å²) >= 11 is 6.36. The second-order valence-corrected chi connectivity index (χ2v) is 10.9. The molecule has 0 amide bonds. The summed E-state index contributed by atoms with van der Waals surface area (Å²) in [6.07, 6.45) is 6.89. The fourth-order valence-electron chi connectivity index (χ4n) is 5.42. The van der Waals surface area contributed by atoms with Crippen LogP contribution in [0, 0.1) is 0 Å². The smallest absolute Gasteiger partial charge is 0.549 e. The molecule has 2 heterocycles. The van der Waals surface area contributed by atoms with Crippen molar-refractivity contribution in [3.8, 4) is 0 Å². The Morgan fingerprint density at radius 3 is 2.41 bits per heavy atom. The minimum atomic E-state index is -1.05. The Morgan fingerprint density at radius 1 is 1.00 bits per heavy atom. The van der Waals surface area contributed by atoms with Crippen LogP contribution < -0.4 is 56.5 Å². The number of benzene rings is 2. The molecule has 3 aromatic rings. The largest absolute Gasteiger partial charge is 1.00 e. The molecule has 0 saturated carbocycles. The van der Waals surface area contributed by atoms with E-state index in [1.165, 1.54) is 33.4 Å². The molecule has 1 aliphatic carbocycles. The van der Waals surface area contributed by atoms with E-state index < -0.39 is 11.4 Å². The van der Waals surface area contributed by atoms with Crippen molar-refractivity contribution < 1.29 is 61.3 Å². The molecule has 37 heavy (non-hydrogen) atoms. The van der Waals surface area contributed by atoms with Gasteiger partial charge in [-0.25, -0.2) is 0 Å². The number of fused-ring (bicyclic) bond motifs is 2. The Labute approximate surface area is 267 Å². The quantitative estimate of drug-likeness (QED) is 0.466. The Hall–Kier alpha value is -1.31. The van der Waals surface area contributed by atoms with Crippen LogP contribution in [0.15, 0.2) is 66.4 Å². The van der Waals surface area contributed by atoms with Crippen molar-refractivity contribution in [2.24, 2.45) is 0 Å². The van der Waals surface area contributed by atoms with Crippen LogP contribution in [-0.4, -0.2) is 35.5 Å². The van der Waals surface area contributed by atoms with E-state index in [2.05, 4.69) is 23.1 Å². The first-order chi connectivity index (χ1) is 17.3. The number of nitrogens with zero attached hydrogens (tertiary/aromatic N) is 2. The van der Waals surface area contributed by atoms with Crippen molar-refractivity contribution in [3.05, 3.63) is 105 Å². The number of aliphatic carboxylic acids is 1. The molecule has 0 atom stereocenters. The van der Waals surface area contributed by atoms with Gasteiger partial charge in [0.25, 0.3) is 0 Å². The molecule has 6 heteroatoms. The van der Waals surface area contributed by atoms with Crippen LogP contribution in [0.25, 0.3) is 5.57 Å². The molecule has 2 aromatic carbocycles. The summed E-state index contributed by atoms with van der Waals surface area (Å²) in [6, 6.07) is 18.5. The van der Waals surface area contributed by atoms with Crippen molar-refractivity contribution in [1.29, 1.82) is 0 Å². The van der Waals surface area contributed by atoms with Gasteiger partial charge in [-0.2, -0.15) is 0 Å². The summed E-state index contributed by atoms with van der Waals surface area (Å²) in [6.45, 7) is 6.42. The average molecular weight is 539 g/mol. The first-order valence-electron chi connectivity index (χ1n) is 12.8. The van der Waals surface area contributed by atoms with E-state index >= 15 is 0 Å². The molecule has 5 rings (SSSR count). The van der Waals surface area contributed by atoms with Gasteiger partial charge in [0, 0.05) is 41.8 Å². The minimum absolute atomic E-state index is 0. The van der Waals surface area contributed by atoms with E-state index in [9.17, 15) is 9.90 Å². The standard InChI is InChI=1S/C31H33ClN2O2.K/c1-31(2,30(35)36)25-9-5-21(6-10-25)13-17-34-18-14-22(15-19-34)28-27-12-11-26(32)20-24(27)8-7-23-4-3-16-33-29(23)28;/h3-6,9-12,16,20H,7-8,13-15,17-19H2,1-2H3,(H,35,36);/q;+1/p-1. The fourth-order valence-corrected chi connectivity index (χ4v) is 5.62. The van der Waals surface area contributed by atoms with Crippen LogP contribution in [0.3, 0.4) is 0 Å². The van der Waals surface area contributed by atoms with Gasteiger partial charge < -0.3 is 14.8 Å². The van der Waals surface area contributed by atoms with Crippen LogP contribution in [0.4, 0.5) is 0 Å². The Morgan fingerprint density at radius 2 is 1.70 bits per heavy atom. The summed E-state index contributed by atoms with van der Waals surface area (Å²) in [5.74, 6) is -1.05. The normalized spacial score (nSPS) is 15.9. The maximum atomic E-state index is 11.4. The van der Waals surface area contributed by atoms with Crippen molar-refractivity contribution in [2.45, 2.75) is 51.4 Å². The number of rotatable bonds is 5. The summed E-state index contributed by atoms with van der Waals surface area (Å²) < 4.78 is 0. The Kier molecular flexibility index (Phi) is 9.50. The SMILES string of the molecule is CC(C)(C(=O)[O-])c1ccc(CCN2CCC(=C3c4ccc(Cl)cc4CCc4cccnc43)CC2)cc1.[K+]. The van der Waals surface area contributed by atoms with Crippen LogP contribution in [0.5, 0.6) is 0 Å². The molecule has 0 radical (unpaired) electrons. The summed E-state index contributed by atoms with van der Waals surface area (Å²) in [5, 5.41) is 12.2. The zero-order valence-electron chi connectivity index (χ0n) is 22.0. The predicted molar refractivity (Wildman–Crippen MR) is 143 cm³/mol. The van der Waals surface area contributed by atoms with Crippen LogP contribution in [0.1, 0.15) is 60.2 Å². The molecular formula is C31H32ClKN2O2. The molecule has 186 valence electrons. The van der Waals surface area contributed by atoms with Crippen molar-refractivity contribution in [1.82, 2.24) is 9.88 Å². The molecule has 1 aromatic heterocycles. The number of carbonyl (C=O) groups is 1.